The van der Waals surface area contributed by atoms with Gasteiger partial charge in [-0.25, -0.2) is 0 Å². The lowest BCUT2D eigenvalue weighted by Crippen LogP contribution is -2.20. The number of Topliss-reactive ketones (excluding diaryl/α,β-unsaturated/α-hetero) is 1. The number of aliphatic hydroxyl groups excluding tert-OH is 1. The van der Waals surface area contributed by atoms with Crippen molar-refractivity contribution < 1.29 is 9.90 Å². The van der Waals surface area contributed by atoms with Crippen LogP contribution >= 0.6 is 27.0 Å². The first-order valence-electron chi connectivity index (χ1n) is 4.36. The Morgan fingerprint density at radius 2 is 2.00 bits per heavy atom. The predicted octanol–water partition coefficient (Wildman–Crippen LogP) is 1.74. The lowest BCUT2D eigenvalue weighted by molar-refractivity contribution is -0.118. The molecule has 1 aliphatic rings. The van der Waals surface area contributed by atoms with Gasteiger partial charge in [0.25, 0.3) is 0 Å². The summed E-state index contributed by atoms with van der Waals surface area (Å²) in [7, 11) is 0. The summed E-state index contributed by atoms with van der Waals surface area (Å²) in [6, 6.07) is 0. The molecule has 13 heavy (non-hydrogen) atoms. The Morgan fingerprint density at radius 1 is 1.38 bits per heavy atom. The van der Waals surface area contributed by atoms with Crippen molar-refractivity contribution in [2.24, 2.45) is 5.92 Å². The number of carbonyl (C=O) groups excluding carboxylic acids is 1. The standard InChI is InChI=1S/C9H16O2.2H2S/c1-7(10)5-8-3-2-4-9(11)6-8;;/h8-9,11H,2-6H2,1H3;2*1H2/t8-,9+;;/m1../s1. The average molecular weight is 224 g/mol. The topological polar surface area (TPSA) is 37.3 Å². The predicted molar refractivity (Wildman–Crippen MR) is 64.0 cm³/mol. The van der Waals surface area contributed by atoms with E-state index in [2.05, 4.69) is 0 Å². The molecule has 4 heteroatoms. The van der Waals surface area contributed by atoms with E-state index >= 15 is 0 Å². The van der Waals surface area contributed by atoms with Gasteiger partial charge >= 0.3 is 0 Å². The Kier molecular flexibility index (Phi) is 9.36. The van der Waals surface area contributed by atoms with Crippen LogP contribution in [0.4, 0.5) is 0 Å². The molecule has 1 N–H and O–H groups in total. The summed E-state index contributed by atoms with van der Waals surface area (Å²) < 4.78 is 0. The van der Waals surface area contributed by atoms with Crippen LogP contribution in [0.25, 0.3) is 0 Å². The molecule has 1 saturated carbocycles. The van der Waals surface area contributed by atoms with E-state index in [1.165, 1.54) is 0 Å². The van der Waals surface area contributed by atoms with Crippen molar-refractivity contribution >= 4 is 32.8 Å². The van der Waals surface area contributed by atoms with Crippen molar-refractivity contribution in [1.29, 1.82) is 0 Å². The number of ketones is 1. The number of hydrogen-bond donors (Lipinski definition) is 1. The van der Waals surface area contributed by atoms with Gasteiger partial charge in [0.2, 0.25) is 0 Å². The molecule has 0 saturated heterocycles. The molecule has 0 bridgehead atoms. The van der Waals surface area contributed by atoms with Crippen LogP contribution < -0.4 is 0 Å². The second-order valence-electron chi connectivity index (χ2n) is 3.59. The van der Waals surface area contributed by atoms with Crippen molar-refractivity contribution in [2.45, 2.75) is 45.1 Å². The fourth-order valence-corrected chi connectivity index (χ4v) is 1.85. The van der Waals surface area contributed by atoms with E-state index in [1.807, 2.05) is 0 Å². The molecule has 1 aliphatic carbocycles. The van der Waals surface area contributed by atoms with Crippen molar-refractivity contribution in [3.05, 3.63) is 0 Å². The fraction of sp³-hybridized carbons (Fsp3) is 0.889. The minimum absolute atomic E-state index is 0. The van der Waals surface area contributed by atoms with E-state index in [9.17, 15) is 9.90 Å². The van der Waals surface area contributed by atoms with Crippen molar-refractivity contribution in [1.82, 2.24) is 0 Å². The molecule has 0 unspecified atom stereocenters. The zero-order chi connectivity index (χ0) is 8.27. The first kappa shape index (κ1) is 15.8. The summed E-state index contributed by atoms with van der Waals surface area (Å²) in [5.74, 6) is 0.709. The molecule has 0 amide bonds. The van der Waals surface area contributed by atoms with Gasteiger partial charge in [0.05, 0.1) is 6.10 Å². The van der Waals surface area contributed by atoms with Gasteiger partial charge in [-0.05, 0) is 32.1 Å². The van der Waals surface area contributed by atoms with Crippen LogP contribution in [0.1, 0.15) is 39.0 Å². The molecular weight excluding hydrogens is 204 g/mol. The molecule has 2 atom stereocenters. The van der Waals surface area contributed by atoms with E-state index in [0.29, 0.717) is 12.3 Å². The Labute approximate surface area is 94.0 Å². The zero-order valence-electron chi connectivity index (χ0n) is 8.05. The second-order valence-corrected chi connectivity index (χ2v) is 3.59. The third-order valence-corrected chi connectivity index (χ3v) is 2.33. The van der Waals surface area contributed by atoms with Crippen LogP contribution in [0.3, 0.4) is 0 Å². The molecule has 0 aliphatic heterocycles. The highest BCUT2D eigenvalue weighted by Crippen LogP contribution is 2.26. The van der Waals surface area contributed by atoms with Gasteiger partial charge in [-0.3, -0.25) is 0 Å². The highest BCUT2D eigenvalue weighted by molar-refractivity contribution is 7.59. The summed E-state index contributed by atoms with van der Waals surface area (Å²) in [5.41, 5.74) is 0. The minimum atomic E-state index is -0.145. The Hall–Kier alpha value is 0.330. The molecule has 0 aromatic rings. The molecule has 0 spiro atoms. The van der Waals surface area contributed by atoms with Crippen LogP contribution in [0, 0.1) is 5.92 Å². The molecule has 0 aromatic carbocycles. The molecule has 0 aromatic heterocycles. The lowest BCUT2D eigenvalue weighted by Gasteiger charge is -2.24. The highest BCUT2D eigenvalue weighted by atomic mass is 32.1. The lowest BCUT2D eigenvalue weighted by atomic mass is 9.84. The van der Waals surface area contributed by atoms with E-state index in [-0.39, 0.29) is 38.9 Å². The van der Waals surface area contributed by atoms with Gasteiger partial charge in [0.1, 0.15) is 5.78 Å². The van der Waals surface area contributed by atoms with Crippen LogP contribution in [0.5, 0.6) is 0 Å². The molecule has 2 nitrogen and oxygen atoms in total. The normalized spacial score (nSPS) is 26.9. The first-order chi connectivity index (χ1) is 5.18. The Bertz CT molecular complexity index is 151. The SMILES string of the molecule is CC(=O)C[C@H]1CCC[C@H](O)C1.S.S. The fourth-order valence-electron chi connectivity index (χ4n) is 1.85. The number of hydrogen-bond acceptors (Lipinski definition) is 2. The maximum absolute atomic E-state index is 10.7. The van der Waals surface area contributed by atoms with Crippen LogP contribution in [-0.4, -0.2) is 17.0 Å². The summed E-state index contributed by atoms with van der Waals surface area (Å²) in [5, 5.41) is 9.28. The largest absolute Gasteiger partial charge is 0.393 e. The molecule has 1 rings (SSSR count). The third kappa shape index (κ3) is 6.41. The quantitative estimate of drug-likeness (QED) is 0.776. The zero-order valence-corrected chi connectivity index (χ0v) is 10.0. The summed E-state index contributed by atoms with van der Waals surface area (Å²) in [6.07, 6.45) is 4.48. The summed E-state index contributed by atoms with van der Waals surface area (Å²) in [4.78, 5) is 10.7. The van der Waals surface area contributed by atoms with Gasteiger partial charge in [-0.1, -0.05) is 6.42 Å². The van der Waals surface area contributed by atoms with Gasteiger partial charge in [0, 0.05) is 6.42 Å². The van der Waals surface area contributed by atoms with Gasteiger partial charge in [0.15, 0.2) is 0 Å². The van der Waals surface area contributed by atoms with Crippen LogP contribution in [0.15, 0.2) is 0 Å². The van der Waals surface area contributed by atoms with E-state index in [4.69, 9.17) is 0 Å². The average Bonchev–Trinajstić information content (AvgIpc) is 1.85. The van der Waals surface area contributed by atoms with Crippen molar-refractivity contribution in [3.8, 4) is 0 Å². The minimum Gasteiger partial charge on any atom is -0.393 e. The molecule has 80 valence electrons. The highest BCUT2D eigenvalue weighted by Gasteiger charge is 2.20. The molecule has 1 fully saturated rings. The molecular formula is C9H20O2S2. The van der Waals surface area contributed by atoms with E-state index in [1.54, 1.807) is 6.92 Å². The molecule has 0 heterocycles. The van der Waals surface area contributed by atoms with Crippen molar-refractivity contribution in [2.75, 3.05) is 0 Å². The van der Waals surface area contributed by atoms with Crippen LogP contribution in [0.2, 0.25) is 0 Å². The Morgan fingerprint density at radius 3 is 2.46 bits per heavy atom. The second kappa shape index (κ2) is 7.71. The smallest absolute Gasteiger partial charge is 0.130 e. The van der Waals surface area contributed by atoms with Gasteiger partial charge < -0.3 is 9.90 Å². The summed E-state index contributed by atoms with van der Waals surface area (Å²) >= 11 is 0. The third-order valence-electron chi connectivity index (χ3n) is 2.33. The maximum Gasteiger partial charge on any atom is 0.130 e. The number of aliphatic hydroxyl groups is 1. The number of rotatable bonds is 2. The van der Waals surface area contributed by atoms with Gasteiger partial charge in [-0.15, -0.1) is 0 Å². The van der Waals surface area contributed by atoms with E-state index < -0.39 is 0 Å². The monoisotopic (exact) mass is 224 g/mol. The van der Waals surface area contributed by atoms with E-state index in [0.717, 1.165) is 25.7 Å². The number of carbonyl (C=O) groups is 1. The Balaban J connectivity index is 0. The van der Waals surface area contributed by atoms with Crippen molar-refractivity contribution in [3.63, 3.8) is 0 Å². The molecule has 0 radical (unpaired) electrons. The summed E-state index contributed by atoms with van der Waals surface area (Å²) in [6.45, 7) is 1.63. The van der Waals surface area contributed by atoms with Gasteiger partial charge in [-0.2, -0.15) is 27.0 Å². The maximum atomic E-state index is 10.7. The first-order valence-corrected chi connectivity index (χ1v) is 4.36. The van der Waals surface area contributed by atoms with Crippen LogP contribution in [-0.2, 0) is 4.79 Å².